The summed E-state index contributed by atoms with van der Waals surface area (Å²) in [6, 6.07) is 0. The Balaban J connectivity index is 5.21. The number of halogens is 4. The highest BCUT2D eigenvalue weighted by molar-refractivity contribution is 5.54. The topological polar surface area (TPSA) is 0 Å². The number of hydrogen-bond donors (Lipinski definition) is 0. The van der Waals surface area contributed by atoms with Crippen LogP contribution >= 0.6 is 0 Å². The zero-order valence-electron chi connectivity index (χ0n) is 23.0. The molecule has 0 aliphatic rings. The quantitative estimate of drug-likeness (QED) is 0.145. The second-order valence-electron chi connectivity index (χ2n) is 10.3. The smallest absolute Gasteiger partial charge is 0.166 e. The van der Waals surface area contributed by atoms with E-state index in [0.29, 0.717) is 24.2 Å². The summed E-state index contributed by atoms with van der Waals surface area (Å²) in [5.74, 6) is -3.06. The maximum Gasteiger partial charge on any atom is 0.166 e. The average Bonchev–Trinajstić information content (AvgIpc) is 2.84. The molecule has 0 aliphatic heterocycles. The molecule has 0 nitrogen and oxygen atoms in total. The Hall–Kier alpha value is -2.62. The van der Waals surface area contributed by atoms with E-state index in [1.54, 1.807) is 0 Å². The minimum atomic E-state index is -1.19. The first-order valence-electron chi connectivity index (χ1n) is 12.4. The van der Waals surface area contributed by atoms with Gasteiger partial charge in [0.1, 0.15) is 0 Å². The van der Waals surface area contributed by atoms with E-state index in [9.17, 15) is 17.6 Å². The van der Waals surface area contributed by atoms with Crippen LogP contribution < -0.4 is 0 Å². The molecule has 0 aromatic rings. The van der Waals surface area contributed by atoms with E-state index in [1.807, 2.05) is 6.92 Å². The largest absolute Gasteiger partial charge is 0.203 e. The second kappa shape index (κ2) is 15.5. The number of hydrogen-bond acceptors (Lipinski definition) is 0. The molecule has 0 amide bonds. The third-order valence-electron chi connectivity index (χ3n) is 6.65. The van der Waals surface area contributed by atoms with Crippen LogP contribution in [0.25, 0.3) is 0 Å². The molecule has 0 saturated heterocycles. The predicted molar refractivity (Wildman–Crippen MR) is 149 cm³/mol. The fourth-order valence-corrected chi connectivity index (χ4v) is 3.35. The second-order valence-corrected chi connectivity index (χ2v) is 10.3. The van der Waals surface area contributed by atoms with Gasteiger partial charge >= 0.3 is 0 Å². The molecule has 0 spiro atoms. The van der Waals surface area contributed by atoms with Crippen LogP contribution in [0.15, 0.2) is 108 Å². The average molecular weight is 505 g/mol. The van der Waals surface area contributed by atoms with Crippen molar-refractivity contribution in [3.8, 4) is 0 Å². The van der Waals surface area contributed by atoms with Crippen LogP contribution in [-0.4, -0.2) is 0 Å². The van der Waals surface area contributed by atoms with Crippen molar-refractivity contribution in [2.24, 2.45) is 23.7 Å². The summed E-state index contributed by atoms with van der Waals surface area (Å²) in [6.07, 6.45) is 6.50. The first-order chi connectivity index (χ1) is 16.5. The van der Waals surface area contributed by atoms with Gasteiger partial charge in [0.15, 0.2) is 23.3 Å². The zero-order valence-corrected chi connectivity index (χ0v) is 23.0. The molecular weight excluding hydrogens is 460 g/mol. The molecule has 3 atom stereocenters. The molecule has 0 aromatic carbocycles. The van der Waals surface area contributed by atoms with Crippen molar-refractivity contribution in [1.29, 1.82) is 0 Å². The molecular formula is C32H44F4. The van der Waals surface area contributed by atoms with E-state index >= 15 is 0 Å². The van der Waals surface area contributed by atoms with E-state index in [4.69, 9.17) is 0 Å². The first-order valence-corrected chi connectivity index (χ1v) is 12.4. The molecule has 3 unspecified atom stereocenters. The minimum Gasteiger partial charge on any atom is -0.203 e. The van der Waals surface area contributed by atoms with Gasteiger partial charge in [-0.25, -0.2) is 17.6 Å². The van der Waals surface area contributed by atoms with Crippen LogP contribution in [0.3, 0.4) is 0 Å². The minimum absolute atomic E-state index is 0.0393. The molecule has 0 rings (SSSR count). The first kappa shape index (κ1) is 33.4. The Morgan fingerprint density at radius 2 is 0.972 bits per heavy atom. The van der Waals surface area contributed by atoms with Gasteiger partial charge in [0.05, 0.1) is 0 Å². The van der Waals surface area contributed by atoms with Gasteiger partial charge in [-0.3, -0.25) is 0 Å². The molecule has 200 valence electrons. The predicted octanol–water partition coefficient (Wildman–Crippen LogP) is 11.3. The van der Waals surface area contributed by atoms with Crippen molar-refractivity contribution in [1.82, 2.24) is 0 Å². The van der Waals surface area contributed by atoms with E-state index in [1.165, 1.54) is 25.5 Å². The van der Waals surface area contributed by atoms with Crippen LogP contribution in [0.1, 0.15) is 67.2 Å². The molecule has 4 heteroatoms. The summed E-state index contributed by atoms with van der Waals surface area (Å²) >= 11 is 0. The zero-order chi connectivity index (χ0) is 28.3. The lowest BCUT2D eigenvalue weighted by Gasteiger charge is -2.23. The Labute approximate surface area is 217 Å². The standard InChI is InChI=1S/C32H44F4/c1-19(2)13-14-21(5)22(6)15-16-23(7)27(11)31(35)32(36)28(12)25(9)18-17-24(8)26(10)30(34)29(33)20(3)4/h17-19,21-23H,3,8-16H2,1-2,4-7H3/b18-17-,30-29-,32-31-. The molecule has 0 aromatic heterocycles. The summed E-state index contributed by atoms with van der Waals surface area (Å²) in [6.45, 7) is 33.5. The fourth-order valence-electron chi connectivity index (χ4n) is 3.35. The van der Waals surface area contributed by atoms with Gasteiger partial charge in [-0.2, -0.15) is 0 Å². The van der Waals surface area contributed by atoms with Crippen LogP contribution in [0.4, 0.5) is 17.6 Å². The maximum absolute atomic E-state index is 14.9. The Bertz CT molecular complexity index is 968. The summed E-state index contributed by atoms with van der Waals surface area (Å²) in [5, 5.41) is 0. The van der Waals surface area contributed by atoms with E-state index in [-0.39, 0.29) is 39.4 Å². The summed E-state index contributed by atoms with van der Waals surface area (Å²) in [7, 11) is 0. The van der Waals surface area contributed by atoms with Crippen LogP contribution in [0, 0.1) is 23.7 Å². The number of allylic oxidation sites excluding steroid dienone is 12. The summed E-state index contributed by atoms with van der Waals surface area (Å²) in [4.78, 5) is 0. The van der Waals surface area contributed by atoms with Crippen LogP contribution in [0.2, 0.25) is 0 Å². The normalized spacial score (nSPS) is 15.6. The van der Waals surface area contributed by atoms with Gasteiger partial charge in [0.2, 0.25) is 0 Å². The highest BCUT2D eigenvalue weighted by atomic mass is 19.2. The maximum atomic E-state index is 14.9. The summed E-state index contributed by atoms with van der Waals surface area (Å²) in [5.41, 5.74) is -0.479. The molecule has 0 fully saturated rings. The van der Waals surface area contributed by atoms with Crippen molar-refractivity contribution in [3.63, 3.8) is 0 Å². The SMILES string of the molecule is C=C(/C=C\C(=C)C(=C)/C(F)=C(/F)C(=C)C(C)CCC(C)C(C)CCC(C)C)C(=C)/C(F)=C(/F)C(=C)C. The van der Waals surface area contributed by atoms with Crippen molar-refractivity contribution < 1.29 is 17.6 Å². The van der Waals surface area contributed by atoms with Gasteiger partial charge in [-0.15, -0.1) is 0 Å². The molecule has 0 heterocycles. The lowest BCUT2D eigenvalue weighted by atomic mass is 9.83. The van der Waals surface area contributed by atoms with Crippen LogP contribution in [0.5, 0.6) is 0 Å². The fraction of sp³-hybridized carbons (Fsp3) is 0.438. The van der Waals surface area contributed by atoms with Gasteiger partial charge in [-0.05, 0) is 65.7 Å². The number of rotatable bonds is 16. The monoisotopic (exact) mass is 504 g/mol. The van der Waals surface area contributed by atoms with Crippen molar-refractivity contribution in [2.45, 2.75) is 67.2 Å². The van der Waals surface area contributed by atoms with Crippen molar-refractivity contribution >= 4 is 0 Å². The highest BCUT2D eigenvalue weighted by Gasteiger charge is 2.21. The van der Waals surface area contributed by atoms with Gasteiger partial charge in [0.25, 0.3) is 0 Å². The Kier molecular flexibility index (Phi) is 14.4. The van der Waals surface area contributed by atoms with Crippen molar-refractivity contribution in [2.75, 3.05) is 0 Å². The lowest BCUT2D eigenvalue weighted by Crippen LogP contribution is -2.11. The van der Waals surface area contributed by atoms with Crippen molar-refractivity contribution in [3.05, 3.63) is 108 Å². The van der Waals surface area contributed by atoms with E-state index in [0.717, 1.165) is 12.8 Å². The van der Waals surface area contributed by atoms with Gasteiger partial charge in [-0.1, -0.05) is 99.1 Å². The van der Waals surface area contributed by atoms with Gasteiger partial charge < -0.3 is 0 Å². The molecule has 0 N–H and O–H groups in total. The lowest BCUT2D eigenvalue weighted by molar-refractivity contribution is 0.305. The molecule has 0 saturated carbocycles. The third-order valence-corrected chi connectivity index (χ3v) is 6.65. The molecule has 36 heavy (non-hydrogen) atoms. The highest BCUT2D eigenvalue weighted by Crippen LogP contribution is 2.33. The van der Waals surface area contributed by atoms with E-state index in [2.05, 4.69) is 67.2 Å². The van der Waals surface area contributed by atoms with E-state index < -0.39 is 23.3 Å². The molecule has 0 radical (unpaired) electrons. The van der Waals surface area contributed by atoms with Gasteiger partial charge in [0, 0.05) is 11.1 Å². The molecule has 0 aliphatic carbocycles. The molecule has 0 bridgehead atoms. The Morgan fingerprint density at radius 3 is 1.36 bits per heavy atom. The Morgan fingerprint density at radius 1 is 0.583 bits per heavy atom. The van der Waals surface area contributed by atoms with Crippen LogP contribution in [-0.2, 0) is 0 Å². The third kappa shape index (κ3) is 10.6. The summed E-state index contributed by atoms with van der Waals surface area (Å²) < 4.78 is 57.5.